The molecule has 0 atom stereocenters. The highest BCUT2D eigenvalue weighted by molar-refractivity contribution is 5.59. The Morgan fingerprint density at radius 2 is 1.96 bits per heavy atom. The minimum Gasteiger partial charge on any atom is -0.325 e. The fraction of sp³-hybridized carbons (Fsp3) is 0.588. The Labute approximate surface area is 143 Å². The van der Waals surface area contributed by atoms with Gasteiger partial charge in [0.2, 0.25) is 5.56 Å². The summed E-state index contributed by atoms with van der Waals surface area (Å²) in [7, 11) is 0. The summed E-state index contributed by atoms with van der Waals surface area (Å²) in [6.45, 7) is 2.55. The number of pyridine rings is 1. The number of nitrogens with zero attached hydrogens (tertiary/aromatic N) is 3. The third-order valence-electron chi connectivity index (χ3n) is 4.51. The van der Waals surface area contributed by atoms with E-state index in [4.69, 9.17) is 0 Å². The van der Waals surface area contributed by atoms with Crippen molar-refractivity contribution in [3.63, 3.8) is 0 Å². The number of hydrogen-bond acceptors (Lipinski definition) is 3. The molecule has 8 heteroatoms. The summed E-state index contributed by atoms with van der Waals surface area (Å²) in [5, 5.41) is 4.17. The third kappa shape index (κ3) is 3.93. The number of aromatic amines is 1. The number of halogens is 3. The highest BCUT2D eigenvalue weighted by atomic mass is 19.4. The zero-order chi connectivity index (χ0) is 18.2. The first-order valence-electron chi connectivity index (χ1n) is 8.49. The van der Waals surface area contributed by atoms with E-state index >= 15 is 0 Å². The normalized spacial score (nSPS) is 16.1. The molecule has 1 fully saturated rings. The average molecular weight is 354 g/mol. The van der Waals surface area contributed by atoms with E-state index < -0.39 is 12.7 Å². The van der Waals surface area contributed by atoms with Crippen LogP contribution >= 0.6 is 0 Å². The van der Waals surface area contributed by atoms with Gasteiger partial charge in [0.1, 0.15) is 6.54 Å². The van der Waals surface area contributed by atoms with Crippen molar-refractivity contribution in [3.8, 4) is 11.4 Å². The highest BCUT2D eigenvalue weighted by Crippen LogP contribution is 2.35. The molecule has 0 radical (unpaired) electrons. The number of nitrogens with one attached hydrogen (secondary N) is 1. The molecular formula is C17H21F3N4O. The fourth-order valence-electron chi connectivity index (χ4n) is 3.34. The molecule has 0 aliphatic heterocycles. The molecule has 136 valence electrons. The molecule has 2 heterocycles. The van der Waals surface area contributed by atoms with Gasteiger partial charge in [0.15, 0.2) is 11.6 Å². The SMILES string of the molecule is CC(C)c1[nH]c(=O)ccc1-c1nc(C2CCCC2)nn1CC(F)(F)F. The molecule has 5 nitrogen and oxygen atoms in total. The van der Waals surface area contributed by atoms with Gasteiger partial charge in [-0.25, -0.2) is 9.67 Å². The maximum atomic E-state index is 13.0. The lowest BCUT2D eigenvalue weighted by atomic mass is 10.0. The second kappa shape index (κ2) is 6.65. The molecule has 0 spiro atoms. The highest BCUT2D eigenvalue weighted by Gasteiger charge is 2.32. The number of alkyl halides is 3. The van der Waals surface area contributed by atoms with Crippen LogP contribution in [-0.2, 0) is 6.54 Å². The van der Waals surface area contributed by atoms with Crippen molar-refractivity contribution in [1.29, 1.82) is 0 Å². The van der Waals surface area contributed by atoms with Crippen molar-refractivity contribution < 1.29 is 13.2 Å². The molecule has 0 unspecified atom stereocenters. The van der Waals surface area contributed by atoms with Gasteiger partial charge in [0.05, 0.1) is 0 Å². The first-order chi connectivity index (χ1) is 11.7. The fourth-order valence-corrected chi connectivity index (χ4v) is 3.34. The van der Waals surface area contributed by atoms with Crippen LogP contribution in [-0.4, -0.2) is 25.9 Å². The van der Waals surface area contributed by atoms with Crippen LogP contribution in [0.15, 0.2) is 16.9 Å². The second-order valence-electron chi connectivity index (χ2n) is 6.85. The molecule has 3 rings (SSSR count). The Hall–Kier alpha value is -2.12. The zero-order valence-electron chi connectivity index (χ0n) is 14.2. The van der Waals surface area contributed by atoms with Crippen molar-refractivity contribution in [2.24, 2.45) is 0 Å². The molecule has 0 aromatic carbocycles. The molecule has 2 aromatic rings. The van der Waals surface area contributed by atoms with Crippen LogP contribution in [0.2, 0.25) is 0 Å². The summed E-state index contributed by atoms with van der Waals surface area (Å²) >= 11 is 0. The van der Waals surface area contributed by atoms with Gasteiger partial charge in [-0.05, 0) is 24.8 Å². The molecule has 1 N–H and O–H groups in total. The molecule has 0 bridgehead atoms. The Kier molecular flexibility index (Phi) is 4.71. The molecule has 1 saturated carbocycles. The van der Waals surface area contributed by atoms with Gasteiger partial charge in [-0.3, -0.25) is 4.79 Å². The smallest absolute Gasteiger partial charge is 0.325 e. The van der Waals surface area contributed by atoms with E-state index in [-0.39, 0.29) is 23.2 Å². The topological polar surface area (TPSA) is 63.6 Å². The first-order valence-corrected chi connectivity index (χ1v) is 8.49. The summed E-state index contributed by atoms with van der Waals surface area (Å²) in [5.41, 5.74) is 0.780. The van der Waals surface area contributed by atoms with E-state index in [1.165, 1.54) is 12.1 Å². The van der Waals surface area contributed by atoms with Gasteiger partial charge in [-0.15, -0.1) is 0 Å². The number of hydrogen-bond donors (Lipinski definition) is 1. The minimum atomic E-state index is -4.39. The van der Waals surface area contributed by atoms with Crippen molar-refractivity contribution in [3.05, 3.63) is 34.0 Å². The lowest BCUT2D eigenvalue weighted by Gasteiger charge is -2.13. The van der Waals surface area contributed by atoms with Crippen LogP contribution in [0.1, 0.15) is 62.9 Å². The van der Waals surface area contributed by atoms with Crippen LogP contribution in [0.25, 0.3) is 11.4 Å². The number of aromatic nitrogens is 4. The zero-order valence-corrected chi connectivity index (χ0v) is 14.2. The van der Waals surface area contributed by atoms with Crippen molar-refractivity contribution in [1.82, 2.24) is 19.7 Å². The second-order valence-corrected chi connectivity index (χ2v) is 6.85. The average Bonchev–Trinajstić information content (AvgIpc) is 3.15. The van der Waals surface area contributed by atoms with Crippen LogP contribution in [0.4, 0.5) is 13.2 Å². The molecule has 1 aliphatic carbocycles. The predicted octanol–water partition coefficient (Wildman–Crippen LogP) is 3.98. The summed E-state index contributed by atoms with van der Waals surface area (Å²) in [6, 6.07) is 2.84. The Morgan fingerprint density at radius 3 is 2.56 bits per heavy atom. The molecular weight excluding hydrogens is 333 g/mol. The molecule has 1 aliphatic rings. The molecule has 2 aromatic heterocycles. The van der Waals surface area contributed by atoms with Gasteiger partial charge >= 0.3 is 6.18 Å². The summed E-state index contributed by atoms with van der Waals surface area (Å²) in [6.07, 6.45) is -0.501. The summed E-state index contributed by atoms with van der Waals surface area (Å²) in [4.78, 5) is 18.8. The quantitative estimate of drug-likeness (QED) is 0.903. The van der Waals surface area contributed by atoms with Gasteiger partial charge in [-0.2, -0.15) is 18.3 Å². The van der Waals surface area contributed by atoms with Gasteiger partial charge < -0.3 is 4.98 Å². The van der Waals surface area contributed by atoms with Crippen LogP contribution in [0.3, 0.4) is 0 Å². The summed E-state index contributed by atoms with van der Waals surface area (Å²) < 4.78 is 39.9. The van der Waals surface area contributed by atoms with Gasteiger partial charge in [0, 0.05) is 23.2 Å². The lowest BCUT2D eigenvalue weighted by molar-refractivity contribution is -0.142. The number of rotatable bonds is 4. The van der Waals surface area contributed by atoms with Gasteiger partial charge in [0.25, 0.3) is 0 Å². The minimum absolute atomic E-state index is 0.0603. The first kappa shape index (κ1) is 17.7. The number of H-pyrrole nitrogens is 1. The Morgan fingerprint density at radius 1 is 1.28 bits per heavy atom. The van der Waals surface area contributed by atoms with Crippen molar-refractivity contribution >= 4 is 0 Å². The maximum absolute atomic E-state index is 13.0. The van der Waals surface area contributed by atoms with E-state index in [0.29, 0.717) is 17.1 Å². The monoisotopic (exact) mass is 354 g/mol. The largest absolute Gasteiger partial charge is 0.408 e. The van der Waals surface area contributed by atoms with E-state index in [0.717, 1.165) is 30.4 Å². The third-order valence-corrected chi connectivity index (χ3v) is 4.51. The van der Waals surface area contributed by atoms with Gasteiger partial charge in [-0.1, -0.05) is 26.7 Å². The van der Waals surface area contributed by atoms with Crippen LogP contribution in [0.5, 0.6) is 0 Å². The Bertz CT molecular complexity index is 801. The van der Waals surface area contributed by atoms with E-state index in [2.05, 4.69) is 15.1 Å². The molecule has 0 amide bonds. The van der Waals surface area contributed by atoms with E-state index in [1.54, 1.807) is 0 Å². The standard InChI is InChI=1S/C17H21F3N4O/c1-10(2)14-12(7-8-13(25)21-14)16-22-15(11-5-3-4-6-11)23-24(16)9-17(18,19)20/h7-8,10-11H,3-6,9H2,1-2H3,(H,21,25). The molecule has 0 saturated heterocycles. The van der Waals surface area contributed by atoms with Crippen LogP contribution in [0, 0.1) is 0 Å². The summed E-state index contributed by atoms with van der Waals surface area (Å²) in [5.74, 6) is 0.685. The molecule has 25 heavy (non-hydrogen) atoms. The van der Waals surface area contributed by atoms with Crippen molar-refractivity contribution in [2.45, 2.75) is 64.1 Å². The Balaban J connectivity index is 2.12. The van der Waals surface area contributed by atoms with Crippen molar-refractivity contribution in [2.75, 3.05) is 0 Å². The van der Waals surface area contributed by atoms with Crippen LogP contribution < -0.4 is 5.56 Å². The predicted molar refractivity (Wildman–Crippen MR) is 87.4 cm³/mol. The van der Waals surface area contributed by atoms with E-state index in [9.17, 15) is 18.0 Å². The van der Waals surface area contributed by atoms with E-state index in [1.807, 2.05) is 13.8 Å². The maximum Gasteiger partial charge on any atom is 0.408 e. The lowest BCUT2D eigenvalue weighted by Crippen LogP contribution is -2.20.